The van der Waals surface area contributed by atoms with Crippen LogP contribution in [-0.4, -0.2) is 21.3 Å². The first-order valence-electron chi connectivity index (χ1n) is 8.53. The van der Waals surface area contributed by atoms with E-state index >= 15 is 0 Å². The van der Waals surface area contributed by atoms with Crippen LogP contribution in [0.2, 0.25) is 0 Å². The van der Waals surface area contributed by atoms with Gasteiger partial charge in [-0.15, -0.1) is 0 Å². The van der Waals surface area contributed by atoms with E-state index in [-0.39, 0.29) is 12.4 Å². The Kier molecular flexibility index (Phi) is 5.03. The zero-order valence-corrected chi connectivity index (χ0v) is 16.8. The van der Waals surface area contributed by atoms with Crippen molar-refractivity contribution in [3.63, 3.8) is 0 Å². The topological polar surface area (TPSA) is 31.6 Å². The number of hydrogen-bond acceptors (Lipinski definition) is 3. The number of pyridine rings is 1. The molecule has 0 saturated carbocycles. The molecule has 4 aromatic rings. The lowest BCUT2D eigenvalue weighted by Crippen LogP contribution is -3.00. The highest BCUT2D eigenvalue weighted by atomic mass is 35.5. The molecule has 4 nitrogen and oxygen atoms in total. The standard InChI is InChI=1S/C22H22NO3.ClH/c1-13-6-8-15-16-9-7-14-10-19(24-3)20(25-4)11-17(14)21(16)23(2)12-18(15)22(13)26-5;/h6-12H,1-5H3;1H/q+1;/p-1. The van der Waals surface area contributed by atoms with E-state index in [1.807, 2.05) is 12.1 Å². The third-order valence-corrected chi connectivity index (χ3v) is 5.06. The molecule has 3 aromatic carbocycles. The maximum absolute atomic E-state index is 5.67. The van der Waals surface area contributed by atoms with Gasteiger partial charge in [0.05, 0.1) is 37.5 Å². The zero-order valence-electron chi connectivity index (χ0n) is 16.1. The summed E-state index contributed by atoms with van der Waals surface area (Å²) in [7, 11) is 7.12. The van der Waals surface area contributed by atoms with Crippen molar-refractivity contribution in [1.82, 2.24) is 0 Å². The van der Waals surface area contributed by atoms with Crippen LogP contribution in [0.5, 0.6) is 17.2 Å². The van der Waals surface area contributed by atoms with Crippen molar-refractivity contribution < 1.29 is 31.2 Å². The van der Waals surface area contributed by atoms with Crippen molar-refractivity contribution in [2.45, 2.75) is 6.92 Å². The first-order chi connectivity index (χ1) is 12.6. The molecule has 0 fully saturated rings. The van der Waals surface area contributed by atoms with Crippen LogP contribution < -0.4 is 31.2 Å². The number of hydrogen-bond donors (Lipinski definition) is 0. The number of benzene rings is 3. The van der Waals surface area contributed by atoms with E-state index in [9.17, 15) is 0 Å². The summed E-state index contributed by atoms with van der Waals surface area (Å²) in [6.07, 6.45) is 2.14. The van der Waals surface area contributed by atoms with Gasteiger partial charge in [0.15, 0.2) is 17.7 Å². The van der Waals surface area contributed by atoms with Crippen molar-refractivity contribution in [2.24, 2.45) is 7.05 Å². The molecule has 0 saturated heterocycles. The Hall–Kier alpha value is -2.72. The van der Waals surface area contributed by atoms with E-state index < -0.39 is 0 Å². The molecule has 27 heavy (non-hydrogen) atoms. The van der Waals surface area contributed by atoms with E-state index in [2.05, 4.69) is 49.0 Å². The van der Waals surface area contributed by atoms with Crippen LogP contribution in [-0.2, 0) is 7.05 Å². The van der Waals surface area contributed by atoms with Crippen LogP contribution >= 0.6 is 0 Å². The molecule has 0 spiro atoms. The SMILES string of the molecule is COc1cc2ccc3c4ccc(C)c(OC)c4c[n+](C)c3c2cc1OC.[Cl-]. The highest BCUT2D eigenvalue weighted by molar-refractivity contribution is 6.15. The first-order valence-corrected chi connectivity index (χ1v) is 8.53. The van der Waals surface area contributed by atoms with Crippen LogP contribution in [0.25, 0.3) is 32.4 Å². The van der Waals surface area contributed by atoms with E-state index in [0.717, 1.165) is 44.5 Å². The molecule has 1 heterocycles. The van der Waals surface area contributed by atoms with Crippen molar-refractivity contribution >= 4 is 32.4 Å². The average molecular weight is 384 g/mol. The number of halogens is 1. The quantitative estimate of drug-likeness (QED) is 0.395. The maximum atomic E-state index is 5.67. The summed E-state index contributed by atoms with van der Waals surface area (Å²) in [5, 5.41) is 5.72. The Morgan fingerprint density at radius 2 is 1.41 bits per heavy atom. The maximum Gasteiger partial charge on any atom is 0.220 e. The van der Waals surface area contributed by atoms with Gasteiger partial charge in [-0.05, 0) is 36.1 Å². The van der Waals surface area contributed by atoms with Gasteiger partial charge in [-0.2, -0.15) is 4.57 Å². The molecule has 0 aliphatic rings. The van der Waals surface area contributed by atoms with E-state index in [1.54, 1.807) is 21.3 Å². The predicted octanol–water partition coefficient (Wildman–Crippen LogP) is 1.31. The summed E-state index contributed by atoms with van der Waals surface area (Å²) >= 11 is 0. The van der Waals surface area contributed by atoms with Crippen LogP contribution in [0.15, 0.2) is 42.6 Å². The number of rotatable bonds is 3. The van der Waals surface area contributed by atoms with Gasteiger partial charge < -0.3 is 26.6 Å². The minimum absolute atomic E-state index is 0. The van der Waals surface area contributed by atoms with Crippen LogP contribution in [0.4, 0.5) is 0 Å². The molecule has 4 rings (SSSR count). The van der Waals surface area contributed by atoms with Crippen LogP contribution in [0.1, 0.15) is 5.56 Å². The molecule has 0 unspecified atom stereocenters. The van der Waals surface area contributed by atoms with Gasteiger partial charge in [0, 0.05) is 5.39 Å². The third-order valence-electron chi connectivity index (χ3n) is 5.06. The summed E-state index contributed by atoms with van der Waals surface area (Å²) in [5.74, 6) is 2.39. The lowest BCUT2D eigenvalue weighted by molar-refractivity contribution is -0.642. The normalized spacial score (nSPS) is 10.9. The molecule has 1 aromatic heterocycles. The molecule has 0 amide bonds. The minimum atomic E-state index is 0. The molecule has 140 valence electrons. The van der Waals surface area contributed by atoms with Crippen molar-refractivity contribution in [3.05, 3.63) is 48.2 Å². The smallest absolute Gasteiger partial charge is 0.220 e. The van der Waals surface area contributed by atoms with Gasteiger partial charge >= 0.3 is 0 Å². The van der Waals surface area contributed by atoms with Gasteiger partial charge in [-0.25, -0.2) is 0 Å². The summed E-state index contributed by atoms with van der Waals surface area (Å²) < 4.78 is 18.8. The second-order valence-electron chi connectivity index (χ2n) is 6.51. The fourth-order valence-electron chi connectivity index (χ4n) is 3.83. The number of fused-ring (bicyclic) bond motifs is 5. The molecule has 0 aliphatic carbocycles. The van der Waals surface area contributed by atoms with Gasteiger partial charge in [0.2, 0.25) is 5.52 Å². The monoisotopic (exact) mass is 383 g/mol. The number of aromatic nitrogens is 1. The highest BCUT2D eigenvalue weighted by Gasteiger charge is 2.19. The van der Waals surface area contributed by atoms with Crippen molar-refractivity contribution in [1.29, 1.82) is 0 Å². The van der Waals surface area contributed by atoms with Gasteiger partial charge in [-0.1, -0.05) is 18.2 Å². The van der Waals surface area contributed by atoms with E-state index in [0.29, 0.717) is 0 Å². The van der Waals surface area contributed by atoms with E-state index in [4.69, 9.17) is 14.2 Å². The summed E-state index contributed by atoms with van der Waals surface area (Å²) in [6, 6.07) is 12.6. The Bertz CT molecular complexity index is 1170. The Balaban J connectivity index is 0.00000210. The molecule has 0 radical (unpaired) electrons. The third kappa shape index (κ3) is 2.81. The van der Waals surface area contributed by atoms with Crippen molar-refractivity contribution in [3.8, 4) is 17.2 Å². The summed E-state index contributed by atoms with van der Waals surface area (Å²) in [6.45, 7) is 2.07. The van der Waals surface area contributed by atoms with Gasteiger partial charge in [-0.3, -0.25) is 0 Å². The Morgan fingerprint density at radius 3 is 2.07 bits per heavy atom. The molecule has 0 N–H and O–H groups in total. The highest BCUT2D eigenvalue weighted by Crippen LogP contribution is 2.38. The first kappa shape index (κ1) is 19.1. The van der Waals surface area contributed by atoms with E-state index in [1.165, 1.54) is 10.8 Å². The fourth-order valence-corrected chi connectivity index (χ4v) is 3.83. The summed E-state index contributed by atoms with van der Waals surface area (Å²) in [5.41, 5.74) is 2.29. The molecule has 0 atom stereocenters. The minimum Gasteiger partial charge on any atom is -1.00 e. The van der Waals surface area contributed by atoms with Gasteiger partial charge in [0.25, 0.3) is 0 Å². The Labute approximate surface area is 164 Å². The fraction of sp³-hybridized carbons (Fsp3) is 0.227. The lowest BCUT2D eigenvalue weighted by Gasteiger charge is -2.12. The number of nitrogens with zero attached hydrogens (tertiary/aromatic N) is 1. The average Bonchev–Trinajstić information content (AvgIpc) is 2.66. The Morgan fingerprint density at radius 1 is 0.741 bits per heavy atom. The second kappa shape index (κ2) is 7.12. The molecule has 5 heteroatoms. The molecular formula is C22H22ClNO3. The number of ether oxygens (including phenoxy) is 3. The van der Waals surface area contributed by atoms with Gasteiger partial charge in [0.1, 0.15) is 12.8 Å². The molecule has 0 bridgehead atoms. The largest absolute Gasteiger partial charge is 1.00 e. The second-order valence-corrected chi connectivity index (χ2v) is 6.51. The number of methoxy groups -OCH3 is 3. The zero-order chi connectivity index (χ0) is 18.4. The van der Waals surface area contributed by atoms with Crippen LogP contribution in [0, 0.1) is 6.92 Å². The molecular weight excluding hydrogens is 362 g/mol. The number of aryl methyl sites for hydroxylation is 2. The van der Waals surface area contributed by atoms with Crippen LogP contribution in [0.3, 0.4) is 0 Å². The molecule has 0 aliphatic heterocycles. The van der Waals surface area contributed by atoms with Crippen molar-refractivity contribution in [2.75, 3.05) is 21.3 Å². The summed E-state index contributed by atoms with van der Waals surface area (Å²) in [4.78, 5) is 0. The lowest BCUT2D eigenvalue weighted by atomic mass is 9.99. The predicted molar refractivity (Wildman–Crippen MR) is 105 cm³/mol.